The molecule has 0 spiro atoms. The van der Waals surface area contributed by atoms with E-state index >= 15 is 0 Å². The molecule has 8 heteroatoms. The molecule has 136 valence electrons. The van der Waals surface area contributed by atoms with Crippen LogP contribution in [0.25, 0.3) is 0 Å². The third-order valence-electron chi connectivity index (χ3n) is 4.23. The van der Waals surface area contributed by atoms with Gasteiger partial charge in [0.2, 0.25) is 5.91 Å². The fourth-order valence-corrected chi connectivity index (χ4v) is 2.98. The van der Waals surface area contributed by atoms with Crippen LogP contribution in [0.3, 0.4) is 0 Å². The molecule has 0 aliphatic carbocycles. The first kappa shape index (κ1) is 17.7. The summed E-state index contributed by atoms with van der Waals surface area (Å²) in [6.07, 6.45) is 4.17. The van der Waals surface area contributed by atoms with Crippen LogP contribution in [0.5, 0.6) is 0 Å². The van der Waals surface area contributed by atoms with Crippen molar-refractivity contribution in [1.29, 1.82) is 0 Å². The number of amides is 1. The highest BCUT2D eigenvalue weighted by Crippen LogP contribution is 2.26. The molecule has 2 N–H and O–H groups in total. The summed E-state index contributed by atoms with van der Waals surface area (Å²) < 4.78 is 0. The van der Waals surface area contributed by atoms with Gasteiger partial charge in [-0.15, -0.1) is 0 Å². The molecule has 1 aromatic heterocycles. The van der Waals surface area contributed by atoms with Crippen LogP contribution in [0.4, 0.5) is 22.9 Å². The molecule has 3 rings (SSSR count). The third kappa shape index (κ3) is 4.27. The molecule has 1 saturated heterocycles. The maximum atomic E-state index is 12.3. The molecule has 0 bridgehead atoms. The summed E-state index contributed by atoms with van der Waals surface area (Å²) >= 11 is 0. The first-order chi connectivity index (χ1) is 12.6. The van der Waals surface area contributed by atoms with E-state index in [1.54, 1.807) is 30.5 Å². The Morgan fingerprint density at radius 1 is 1.15 bits per heavy atom. The smallest absolute Gasteiger partial charge is 0.292 e. The van der Waals surface area contributed by atoms with Crippen molar-refractivity contribution < 1.29 is 9.72 Å². The zero-order chi connectivity index (χ0) is 18.4. The predicted molar refractivity (Wildman–Crippen MR) is 101 cm³/mol. The first-order valence-electron chi connectivity index (χ1n) is 8.62. The second-order valence-electron chi connectivity index (χ2n) is 6.07. The number of rotatable bonds is 7. The summed E-state index contributed by atoms with van der Waals surface area (Å²) in [7, 11) is 0. The van der Waals surface area contributed by atoms with E-state index in [1.165, 1.54) is 6.07 Å². The third-order valence-corrected chi connectivity index (χ3v) is 4.23. The lowest BCUT2D eigenvalue weighted by Gasteiger charge is -2.20. The van der Waals surface area contributed by atoms with Crippen LogP contribution in [0.15, 0.2) is 42.6 Å². The normalized spacial score (nSPS) is 13.5. The number of nitro benzene ring substituents is 1. The molecule has 1 aliphatic rings. The highest BCUT2D eigenvalue weighted by molar-refractivity contribution is 5.94. The standard InChI is InChI=1S/C18H21N5O3/c24-17(9-11-19-14-6-1-2-8-16(14)23(25)26)21-15-7-5-10-20-18(15)22-12-3-4-13-22/h1-2,5-8,10,19H,3-4,9,11-13H2,(H,21,24). The molecule has 0 radical (unpaired) electrons. The number of hydrogen-bond donors (Lipinski definition) is 2. The Hall–Kier alpha value is -3.16. The molecular weight excluding hydrogens is 334 g/mol. The van der Waals surface area contributed by atoms with E-state index in [0.717, 1.165) is 31.7 Å². The number of benzene rings is 1. The van der Waals surface area contributed by atoms with Crippen molar-refractivity contribution in [3.63, 3.8) is 0 Å². The highest BCUT2D eigenvalue weighted by atomic mass is 16.6. The van der Waals surface area contributed by atoms with E-state index in [0.29, 0.717) is 17.9 Å². The zero-order valence-electron chi connectivity index (χ0n) is 14.4. The molecule has 8 nitrogen and oxygen atoms in total. The second-order valence-corrected chi connectivity index (χ2v) is 6.07. The van der Waals surface area contributed by atoms with Gasteiger partial charge in [0.25, 0.3) is 5.69 Å². The summed E-state index contributed by atoms with van der Waals surface area (Å²) in [5.41, 5.74) is 1.10. The maximum Gasteiger partial charge on any atom is 0.292 e. The lowest BCUT2D eigenvalue weighted by atomic mass is 10.2. The van der Waals surface area contributed by atoms with Crippen LogP contribution in [-0.4, -0.2) is 35.4 Å². The fourth-order valence-electron chi connectivity index (χ4n) is 2.98. The molecule has 2 aromatic rings. The highest BCUT2D eigenvalue weighted by Gasteiger charge is 2.18. The quantitative estimate of drug-likeness (QED) is 0.585. The fraction of sp³-hybridized carbons (Fsp3) is 0.333. The summed E-state index contributed by atoms with van der Waals surface area (Å²) in [4.78, 5) is 29.4. The molecular formula is C18H21N5O3. The number of carbonyl (C=O) groups excluding carboxylic acids is 1. The van der Waals surface area contributed by atoms with E-state index in [-0.39, 0.29) is 18.0 Å². The lowest BCUT2D eigenvalue weighted by molar-refractivity contribution is -0.384. The van der Waals surface area contributed by atoms with Crippen LogP contribution in [0, 0.1) is 10.1 Å². The topological polar surface area (TPSA) is 100 Å². The number of nitrogens with one attached hydrogen (secondary N) is 2. The number of anilines is 3. The minimum atomic E-state index is -0.444. The van der Waals surface area contributed by atoms with Gasteiger partial charge in [-0.3, -0.25) is 14.9 Å². The number of para-hydroxylation sites is 2. The molecule has 0 saturated carbocycles. The molecule has 1 aliphatic heterocycles. The SMILES string of the molecule is O=C(CCNc1ccccc1[N+](=O)[O-])Nc1cccnc1N1CCCC1. The zero-order valence-corrected chi connectivity index (χ0v) is 14.4. The van der Waals surface area contributed by atoms with Gasteiger partial charge in [0, 0.05) is 38.3 Å². The van der Waals surface area contributed by atoms with Gasteiger partial charge in [-0.05, 0) is 31.0 Å². The Morgan fingerprint density at radius 2 is 1.88 bits per heavy atom. The van der Waals surface area contributed by atoms with Crippen molar-refractivity contribution in [2.45, 2.75) is 19.3 Å². The van der Waals surface area contributed by atoms with Gasteiger partial charge in [0.15, 0.2) is 5.82 Å². The summed E-state index contributed by atoms with van der Waals surface area (Å²) in [6, 6.07) is 10.0. The number of hydrogen-bond acceptors (Lipinski definition) is 6. The lowest BCUT2D eigenvalue weighted by Crippen LogP contribution is -2.23. The van der Waals surface area contributed by atoms with Gasteiger partial charge in [-0.25, -0.2) is 4.98 Å². The van der Waals surface area contributed by atoms with Crippen LogP contribution in [0.2, 0.25) is 0 Å². The van der Waals surface area contributed by atoms with Crippen molar-refractivity contribution in [3.05, 3.63) is 52.7 Å². The van der Waals surface area contributed by atoms with Gasteiger partial charge < -0.3 is 15.5 Å². The monoisotopic (exact) mass is 355 g/mol. The number of nitro groups is 1. The Balaban J connectivity index is 1.56. The first-order valence-corrected chi connectivity index (χ1v) is 8.62. The number of carbonyl (C=O) groups is 1. The molecule has 0 unspecified atom stereocenters. The molecule has 26 heavy (non-hydrogen) atoms. The van der Waals surface area contributed by atoms with E-state index in [4.69, 9.17) is 0 Å². The van der Waals surface area contributed by atoms with Crippen molar-refractivity contribution in [2.75, 3.05) is 35.2 Å². The van der Waals surface area contributed by atoms with Gasteiger partial charge in [-0.2, -0.15) is 0 Å². The average Bonchev–Trinajstić information content (AvgIpc) is 3.17. The number of aromatic nitrogens is 1. The maximum absolute atomic E-state index is 12.3. The minimum Gasteiger partial charge on any atom is -0.379 e. The minimum absolute atomic E-state index is 0.00325. The Morgan fingerprint density at radius 3 is 2.65 bits per heavy atom. The van der Waals surface area contributed by atoms with Gasteiger partial charge in [-0.1, -0.05) is 12.1 Å². The van der Waals surface area contributed by atoms with Crippen LogP contribution in [0.1, 0.15) is 19.3 Å². The van der Waals surface area contributed by atoms with Crippen LogP contribution in [-0.2, 0) is 4.79 Å². The van der Waals surface area contributed by atoms with Gasteiger partial charge in [0.05, 0.1) is 10.6 Å². The second kappa shape index (κ2) is 8.28. The van der Waals surface area contributed by atoms with Gasteiger partial charge in [0.1, 0.15) is 5.69 Å². The van der Waals surface area contributed by atoms with E-state index in [1.807, 2.05) is 6.07 Å². The molecule has 1 aromatic carbocycles. The van der Waals surface area contributed by atoms with Crippen molar-refractivity contribution >= 4 is 28.8 Å². The largest absolute Gasteiger partial charge is 0.379 e. The molecule has 1 amide bonds. The molecule has 0 atom stereocenters. The number of nitrogens with zero attached hydrogens (tertiary/aromatic N) is 3. The van der Waals surface area contributed by atoms with Gasteiger partial charge >= 0.3 is 0 Å². The van der Waals surface area contributed by atoms with Crippen molar-refractivity contribution in [1.82, 2.24) is 4.98 Å². The Labute approximate surface area is 151 Å². The van der Waals surface area contributed by atoms with E-state index < -0.39 is 4.92 Å². The van der Waals surface area contributed by atoms with E-state index in [9.17, 15) is 14.9 Å². The molecule has 1 fully saturated rings. The molecule has 2 heterocycles. The van der Waals surface area contributed by atoms with Crippen LogP contribution >= 0.6 is 0 Å². The summed E-state index contributed by atoms with van der Waals surface area (Å²) in [5, 5.41) is 16.8. The van der Waals surface area contributed by atoms with Crippen molar-refractivity contribution in [3.8, 4) is 0 Å². The predicted octanol–water partition coefficient (Wildman–Crippen LogP) is 3.03. The van der Waals surface area contributed by atoms with Crippen molar-refractivity contribution in [2.24, 2.45) is 0 Å². The Kier molecular flexibility index (Phi) is 5.62. The number of pyridine rings is 1. The summed E-state index contributed by atoms with van der Waals surface area (Å²) in [5.74, 6) is 0.634. The van der Waals surface area contributed by atoms with Crippen LogP contribution < -0.4 is 15.5 Å². The average molecular weight is 355 g/mol. The Bertz CT molecular complexity index is 790. The summed E-state index contributed by atoms with van der Waals surface area (Å²) in [6.45, 7) is 2.19. The van der Waals surface area contributed by atoms with E-state index in [2.05, 4.69) is 20.5 Å².